The van der Waals surface area contributed by atoms with Crippen molar-refractivity contribution in [3.05, 3.63) is 23.8 Å². The smallest absolute Gasteiger partial charge is 0.231 e. The largest absolute Gasteiger partial charge is 0.454 e. The molecular weight excluding hydrogens is 280 g/mol. The summed E-state index contributed by atoms with van der Waals surface area (Å²) < 4.78 is 10.9. The number of piperidine rings is 1. The van der Waals surface area contributed by atoms with Gasteiger partial charge in [-0.15, -0.1) is 0 Å². The van der Waals surface area contributed by atoms with Crippen LogP contribution in [0.5, 0.6) is 11.5 Å². The first-order valence-corrected chi connectivity index (χ1v) is 8.21. The third-order valence-corrected chi connectivity index (χ3v) is 4.52. The summed E-state index contributed by atoms with van der Waals surface area (Å²) in [5, 5.41) is 13.5. The number of ether oxygens (including phenoxy) is 2. The predicted molar refractivity (Wildman–Crippen MR) is 85.1 cm³/mol. The summed E-state index contributed by atoms with van der Waals surface area (Å²) in [6, 6.07) is 5.91. The van der Waals surface area contributed by atoms with Gasteiger partial charge in [0.2, 0.25) is 6.79 Å². The van der Waals surface area contributed by atoms with Gasteiger partial charge in [-0.3, -0.25) is 0 Å². The second-order valence-electron chi connectivity index (χ2n) is 6.42. The molecular formula is C17H26N2O3. The fraction of sp³-hybridized carbons (Fsp3) is 0.647. The topological polar surface area (TPSA) is 54.0 Å². The molecule has 122 valence electrons. The van der Waals surface area contributed by atoms with E-state index in [9.17, 15) is 5.11 Å². The molecule has 0 bridgehead atoms. The molecule has 5 nitrogen and oxygen atoms in total. The maximum absolute atomic E-state index is 10.2. The molecule has 1 aromatic carbocycles. The highest BCUT2D eigenvalue weighted by Gasteiger charge is 2.19. The molecule has 0 amide bonds. The van der Waals surface area contributed by atoms with Crippen molar-refractivity contribution < 1.29 is 14.6 Å². The normalized spacial score (nSPS) is 20.3. The molecule has 0 aromatic heterocycles. The standard InChI is InChI=1S/C17H26N2O3/c1-13-5-7-19(8-6-13)11-15(20)10-18-9-14-3-2-4-16-17(14)22-12-21-16/h2-4,13,15,18,20H,5-12H2,1H3. The van der Waals surface area contributed by atoms with Crippen LogP contribution < -0.4 is 14.8 Å². The average molecular weight is 306 g/mol. The van der Waals surface area contributed by atoms with E-state index in [4.69, 9.17) is 9.47 Å². The Morgan fingerprint density at radius 3 is 2.95 bits per heavy atom. The number of likely N-dealkylation sites (tertiary alicyclic amines) is 1. The molecule has 2 N–H and O–H groups in total. The number of rotatable bonds is 6. The Hall–Kier alpha value is -1.30. The summed E-state index contributed by atoms with van der Waals surface area (Å²) in [6.45, 7) is 6.84. The summed E-state index contributed by atoms with van der Waals surface area (Å²) in [7, 11) is 0. The van der Waals surface area contributed by atoms with E-state index in [-0.39, 0.29) is 6.10 Å². The molecule has 1 fully saturated rings. The van der Waals surface area contributed by atoms with Gasteiger partial charge in [-0.25, -0.2) is 0 Å². The number of hydrogen-bond donors (Lipinski definition) is 2. The lowest BCUT2D eigenvalue weighted by molar-refractivity contribution is 0.0906. The van der Waals surface area contributed by atoms with Gasteiger partial charge in [-0.05, 0) is 37.9 Å². The first-order valence-electron chi connectivity index (χ1n) is 8.21. The third kappa shape index (κ3) is 3.91. The number of aliphatic hydroxyl groups is 1. The van der Waals surface area contributed by atoms with Crippen LogP contribution >= 0.6 is 0 Å². The molecule has 2 aliphatic rings. The van der Waals surface area contributed by atoms with Crippen LogP contribution in [-0.2, 0) is 6.54 Å². The maximum Gasteiger partial charge on any atom is 0.231 e. The minimum absolute atomic E-state index is 0.294. The van der Waals surface area contributed by atoms with E-state index in [1.807, 2.05) is 18.2 Å². The van der Waals surface area contributed by atoms with Gasteiger partial charge in [-0.1, -0.05) is 19.1 Å². The van der Waals surface area contributed by atoms with Crippen LogP contribution in [-0.4, -0.2) is 49.1 Å². The first kappa shape index (κ1) is 15.6. The minimum atomic E-state index is -0.331. The van der Waals surface area contributed by atoms with Crippen LogP contribution in [0.15, 0.2) is 18.2 Å². The highest BCUT2D eigenvalue weighted by molar-refractivity contribution is 5.48. The van der Waals surface area contributed by atoms with E-state index in [0.29, 0.717) is 19.9 Å². The van der Waals surface area contributed by atoms with Crippen molar-refractivity contribution in [2.45, 2.75) is 32.4 Å². The Balaban J connectivity index is 1.40. The van der Waals surface area contributed by atoms with Crippen molar-refractivity contribution >= 4 is 0 Å². The third-order valence-electron chi connectivity index (χ3n) is 4.52. The van der Waals surface area contributed by atoms with Crippen LogP contribution in [0.25, 0.3) is 0 Å². The van der Waals surface area contributed by atoms with Gasteiger partial charge < -0.3 is 24.8 Å². The van der Waals surface area contributed by atoms with Gasteiger partial charge >= 0.3 is 0 Å². The fourth-order valence-electron chi connectivity index (χ4n) is 3.11. The van der Waals surface area contributed by atoms with Crippen molar-refractivity contribution in [1.82, 2.24) is 10.2 Å². The van der Waals surface area contributed by atoms with Gasteiger partial charge in [0.15, 0.2) is 11.5 Å². The summed E-state index contributed by atoms with van der Waals surface area (Å²) >= 11 is 0. The number of aliphatic hydroxyl groups excluding tert-OH is 1. The van der Waals surface area contributed by atoms with E-state index in [1.54, 1.807) is 0 Å². The van der Waals surface area contributed by atoms with Crippen LogP contribution in [0.1, 0.15) is 25.3 Å². The van der Waals surface area contributed by atoms with Crippen molar-refractivity contribution in [3.8, 4) is 11.5 Å². The Bertz CT molecular complexity index is 487. The number of nitrogens with zero attached hydrogens (tertiary/aromatic N) is 1. The average Bonchev–Trinajstić information content (AvgIpc) is 2.99. The summed E-state index contributed by atoms with van der Waals surface area (Å²) in [4.78, 5) is 2.36. The Morgan fingerprint density at radius 2 is 2.14 bits per heavy atom. The zero-order valence-electron chi connectivity index (χ0n) is 13.3. The molecule has 0 saturated carbocycles. The monoisotopic (exact) mass is 306 g/mol. The van der Waals surface area contributed by atoms with Gasteiger partial charge in [-0.2, -0.15) is 0 Å². The number of benzene rings is 1. The Labute approximate surface area is 132 Å². The molecule has 0 spiro atoms. The quantitative estimate of drug-likeness (QED) is 0.836. The lowest BCUT2D eigenvalue weighted by Crippen LogP contribution is -2.41. The molecule has 0 radical (unpaired) electrons. The zero-order valence-corrected chi connectivity index (χ0v) is 13.3. The molecule has 2 aliphatic heterocycles. The van der Waals surface area contributed by atoms with Crippen LogP contribution in [0, 0.1) is 5.92 Å². The minimum Gasteiger partial charge on any atom is -0.454 e. The summed E-state index contributed by atoms with van der Waals surface area (Å²) in [5.74, 6) is 2.46. The molecule has 1 saturated heterocycles. The van der Waals surface area contributed by atoms with Crippen LogP contribution in [0.2, 0.25) is 0 Å². The van der Waals surface area contributed by atoms with Crippen molar-refractivity contribution in [2.24, 2.45) is 5.92 Å². The lowest BCUT2D eigenvalue weighted by Gasteiger charge is -2.31. The molecule has 5 heteroatoms. The molecule has 2 heterocycles. The molecule has 1 aromatic rings. The van der Waals surface area contributed by atoms with Crippen molar-refractivity contribution in [3.63, 3.8) is 0 Å². The number of fused-ring (bicyclic) bond motifs is 1. The molecule has 1 atom stereocenters. The molecule has 3 rings (SSSR count). The second kappa shape index (κ2) is 7.31. The number of hydrogen-bond acceptors (Lipinski definition) is 5. The van der Waals surface area contributed by atoms with E-state index in [1.165, 1.54) is 12.8 Å². The fourth-order valence-corrected chi connectivity index (χ4v) is 3.11. The lowest BCUT2D eigenvalue weighted by atomic mass is 9.99. The highest BCUT2D eigenvalue weighted by Crippen LogP contribution is 2.35. The second-order valence-corrected chi connectivity index (χ2v) is 6.42. The van der Waals surface area contributed by atoms with Gasteiger partial charge in [0.25, 0.3) is 0 Å². The molecule has 0 aliphatic carbocycles. The van der Waals surface area contributed by atoms with E-state index in [0.717, 1.165) is 42.6 Å². The van der Waals surface area contributed by atoms with Gasteiger partial charge in [0.1, 0.15) is 0 Å². The maximum atomic E-state index is 10.2. The van der Waals surface area contributed by atoms with E-state index >= 15 is 0 Å². The van der Waals surface area contributed by atoms with E-state index < -0.39 is 0 Å². The highest BCUT2D eigenvalue weighted by atomic mass is 16.7. The van der Waals surface area contributed by atoms with Crippen molar-refractivity contribution in [1.29, 1.82) is 0 Å². The number of nitrogens with one attached hydrogen (secondary N) is 1. The SMILES string of the molecule is CC1CCN(CC(O)CNCc2cccc3c2OCO3)CC1. The van der Waals surface area contributed by atoms with Crippen LogP contribution in [0.4, 0.5) is 0 Å². The molecule has 22 heavy (non-hydrogen) atoms. The first-order chi connectivity index (χ1) is 10.7. The summed E-state index contributed by atoms with van der Waals surface area (Å²) in [6.07, 6.45) is 2.16. The van der Waals surface area contributed by atoms with Gasteiger partial charge in [0, 0.05) is 25.2 Å². The Morgan fingerprint density at radius 1 is 1.32 bits per heavy atom. The molecule has 1 unspecified atom stereocenters. The zero-order chi connectivity index (χ0) is 15.4. The number of β-amino-alcohol motifs (C(OH)–C–C–N with tert-alkyl or cyclic N) is 1. The number of para-hydroxylation sites is 1. The van der Waals surface area contributed by atoms with Gasteiger partial charge in [0.05, 0.1) is 6.10 Å². The van der Waals surface area contributed by atoms with Crippen molar-refractivity contribution in [2.75, 3.05) is 33.0 Å². The van der Waals surface area contributed by atoms with E-state index in [2.05, 4.69) is 17.1 Å². The predicted octanol–water partition coefficient (Wildman–Crippen LogP) is 1.60. The van der Waals surface area contributed by atoms with Crippen LogP contribution in [0.3, 0.4) is 0 Å². The summed E-state index contributed by atoms with van der Waals surface area (Å²) in [5.41, 5.74) is 1.08. The Kier molecular flexibility index (Phi) is 5.18.